The topological polar surface area (TPSA) is 35.8 Å². The van der Waals surface area contributed by atoms with Crippen LogP contribution < -0.4 is 5.32 Å². The molecule has 0 spiro atoms. The first-order valence-electron chi connectivity index (χ1n) is 6.88. The van der Waals surface area contributed by atoms with Crippen LogP contribution in [0.15, 0.2) is 46.9 Å². The van der Waals surface area contributed by atoms with E-state index in [1.54, 1.807) is 12.1 Å². The van der Waals surface area contributed by atoms with Crippen molar-refractivity contribution in [1.82, 2.24) is 0 Å². The number of halogens is 2. The van der Waals surface area contributed by atoms with Crippen molar-refractivity contribution in [3.8, 4) is 6.07 Å². The highest BCUT2D eigenvalue weighted by Gasteiger charge is 2.32. The van der Waals surface area contributed by atoms with Crippen LogP contribution in [0.25, 0.3) is 0 Å². The van der Waals surface area contributed by atoms with Crippen LogP contribution in [0, 0.1) is 17.1 Å². The number of anilines is 1. The van der Waals surface area contributed by atoms with E-state index in [2.05, 4.69) is 27.3 Å². The zero-order chi connectivity index (χ0) is 14.8. The molecule has 106 valence electrons. The number of hydrogen-bond acceptors (Lipinski definition) is 2. The number of benzene rings is 2. The molecular weight excluding hydrogens is 331 g/mol. The Morgan fingerprint density at radius 1 is 1.19 bits per heavy atom. The molecule has 2 aromatic rings. The first-order chi connectivity index (χ1) is 10.2. The number of nitrogens with one attached hydrogen (secondary N) is 1. The van der Waals surface area contributed by atoms with Gasteiger partial charge in [-0.3, -0.25) is 0 Å². The Balaban J connectivity index is 1.66. The van der Waals surface area contributed by atoms with Gasteiger partial charge in [0.25, 0.3) is 0 Å². The maximum absolute atomic E-state index is 13.7. The summed E-state index contributed by atoms with van der Waals surface area (Å²) in [6.07, 6.45) is 1.78. The Bertz CT molecular complexity index is 702. The predicted octanol–water partition coefficient (Wildman–Crippen LogP) is 4.82. The van der Waals surface area contributed by atoms with Gasteiger partial charge in [-0.2, -0.15) is 5.26 Å². The van der Waals surface area contributed by atoms with E-state index >= 15 is 0 Å². The molecule has 0 amide bonds. The number of hydrogen-bond donors (Lipinski definition) is 1. The average Bonchev–Trinajstić information content (AvgIpc) is 2.44. The molecule has 1 aliphatic rings. The molecule has 4 heteroatoms. The Morgan fingerprint density at radius 2 is 1.95 bits per heavy atom. The fourth-order valence-corrected chi connectivity index (χ4v) is 3.11. The minimum absolute atomic E-state index is 0.123. The Hall–Kier alpha value is -1.86. The lowest BCUT2D eigenvalue weighted by molar-refractivity contribution is 0.363. The van der Waals surface area contributed by atoms with E-state index in [-0.39, 0.29) is 11.7 Å². The zero-order valence-corrected chi connectivity index (χ0v) is 12.9. The lowest BCUT2D eigenvalue weighted by atomic mass is 9.75. The molecule has 3 rings (SSSR count). The smallest absolute Gasteiger partial charge is 0.126 e. The Morgan fingerprint density at radius 3 is 2.67 bits per heavy atom. The molecule has 0 unspecified atom stereocenters. The van der Waals surface area contributed by atoms with Gasteiger partial charge in [0.15, 0.2) is 0 Å². The van der Waals surface area contributed by atoms with E-state index < -0.39 is 0 Å². The molecule has 1 N–H and O–H groups in total. The quantitative estimate of drug-likeness (QED) is 0.866. The van der Waals surface area contributed by atoms with Crippen LogP contribution in [-0.4, -0.2) is 6.04 Å². The number of rotatable bonds is 3. The summed E-state index contributed by atoms with van der Waals surface area (Å²) in [6, 6.07) is 15.1. The predicted molar refractivity (Wildman–Crippen MR) is 84.6 cm³/mol. The van der Waals surface area contributed by atoms with Crippen molar-refractivity contribution in [3.63, 3.8) is 0 Å². The third kappa shape index (κ3) is 2.93. The molecule has 1 aliphatic carbocycles. The highest BCUT2D eigenvalue weighted by molar-refractivity contribution is 9.10. The monoisotopic (exact) mass is 344 g/mol. The molecule has 1 saturated carbocycles. The summed E-state index contributed by atoms with van der Waals surface area (Å²) in [5.74, 6) is 0.145. The van der Waals surface area contributed by atoms with Crippen molar-refractivity contribution in [3.05, 3.63) is 63.9 Å². The van der Waals surface area contributed by atoms with Gasteiger partial charge < -0.3 is 5.32 Å². The van der Waals surface area contributed by atoms with E-state index in [4.69, 9.17) is 5.26 Å². The van der Waals surface area contributed by atoms with Gasteiger partial charge in [0, 0.05) is 10.5 Å². The van der Waals surface area contributed by atoms with Crippen molar-refractivity contribution >= 4 is 21.6 Å². The van der Waals surface area contributed by atoms with Gasteiger partial charge in [0.05, 0.1) is 11.3 Å². The largest absolute Gasteiger partial charge is 0.381 e. The van der Waals surface area contributed by atoms with Gasteiger partial charge in [0.1, 0.15) is 11.9 Å². The van der Waals surface area contributed by atoms with Gasteiger partial charge in [0.2, 0.25) is 0 Å². The van der Waals surface area contributed by atoms with Crippen LogP contribution in [0.4, 0.5) is 10.1 Å². The molecule has 0 heterocycles. The summed E-state index contributed by atoms with van der Waals surface area (Å²) in [4.78, 5) is 0. The van der Waals surface area contributed by atoms with Crippen molar-refractivity contribution in [2.75, 3.05) is 5.32 Å². The van der Waals surface area contributed by atoms with Gasteiger partial charge in [-0.25, -0.2) is 4.39 Å². The first-order valence-corrected chi connectivity index (χ1v) is 7.67. The normalized spacial score (nSPS) is 20.4. The van der Waals surface area contributed by atoms with E-state index in [1.807, 2.05) is 24.3 Å². The summed E-state index contributed by atoms with van der Waals surface area (Å²) in [7, 11) is 0. The first kappa shape index (κ1) is 14.1. The van der Waals surface area contributed by atoms with Crippen LogP contribution in [-0.2, 0) is 0 Å². The Kier molecular flexibility index (Phi) is 3.94. The summed E-state index contributed by atoms with van der Waals surface area (Å²) >= 11 is 3.36. The fourth-order valence-electron chi connectivity index (χ4n) is 2.75. The van der Waals surface area contributed by atoms with Gasteiger partial charge in [-0.15, -0.1) is 0 Å². The molecule has 0 atom stereocenters. The molecular formula is C17H14BrFN2. The minimum atomic E-state index is -0.123. The average molecular weight is 345 g/mol. The molecule has 0 bridgehead atoms. The summed E-state index contributed by atoms with van der Waals surface area (Å²) in [5.41, 5.74) is 2.27. The summed E-state index contributed by atoms with van der Waals surface area (Å²) in [5, 5.41) is 12.5. The maximum atomic E-state index is 13.7. The Labute approximate surface area is 131 Å². The third-order valence-electron chi connectivity index (χ3n) is 3.94. The van der Waals surface area contributed by atoms with E-state index in [0.29, 0.717) is 11.6 Å². The lowest BCUT2D eigenvalue weighted by Gasteiger charge is -2.37. The fraction of sp³-hybridized carbons (Fsp3) is 0.235. The molecule has 0 aliphatic heterocycles. The second-order valence-corrected chi connectivity index (χ2v) is 6.25. The van der Waals surface area contributed by atoms with Crippen LogP contribution in [0.1, 0.15) is 29.9 Å². The van der Waals surface area contributed by atoms with Crippen molar-refractivity contribution in [2.45, 2.75) is 24.8 Å². The van der Waals surface area contributed by atoms with Gasteiger partial charge in [-0.05, 0) is 48.6 Å². The molecule has 0 saturated heterocycles. The zero-order valence-electron chi connectivity index (χ0n) is 11.3. The lowest BCUT2D eigenvalue weighted by Crippen LogP contribution is -2.34. The van der Waals surface area contributed by atoms with Crippen molar-refractivity contribution in [2.24, 2.45) is 0 Å². The van der Waals surface area contributed by atoms with Crippen LogP contribution in [0.5, 0.6) is 0 Å². The molecule has 1 fully saturated rings. The molecule has 0 radical (unpaired) electrons. The minimum Gasteiger partial charge on any atom is -0.381 e. The number of nitrogens with zero attached hydrogens (tertiary/aromatic N) is 1. The van der Waals surface area contributed by atoms with Crippen molar-refractivity contribution < 1.29 is 4.39 Å². The van der Waals surface area contributed by atoms with Crippen LogP contribution in [0.2, 0.25) is 0 Å². The summed E-state index contributed by atoms with van der Waals surface area (Å²) in [6.45, 7) is 0. The third-order valence-corrected chi connectivity index (χ3v) is 4.44. The highest BCUT2D eigenvalue weighted by atomic mass is 79.9. The summed E-state index contributed by atoms with van der Waals surface area (Å²) < 4.78 is 14.6. The number of nitriles is 1. The molecule has 21 heavy (non-hydrogen) atoms. The molecule has 2 nitrogen and oxygen atoms in total. The second kappa shape index (κ2) is 5.87. The van der Waals surface area contributed by atoms with Crippen LogP contribution in [0.3, 0.4) is 0 Å². The van der Waals surface area contributed by atoms with Crippen LogP contribution >= 0.6 is 15.9 Å². The SMILES string of the molecule is N#Cc1cc(Br)ccc1NC1CC(c2ccccc2F)C1. The van der Waals surface area contributed by atoms with E-state index in [9.17, 15) is 4.39 Å². The standard InChI is InChI=1S/C17H14BrFN2/c18-13-5-6-17(12(7-13)10-20)21-14-8-11(9-14)15-3-1-2-4-16(15)19/h1-7,11,14,21H,8-9H2. The second-order valence-electron chi connectivity index (χ2n) is 5.33. The van der Waals surface area contributed by atoms with E-state index in [0.717, 1.165) is 28.6 Å². The molecule has 0 aromatic heterocycles. The van der Waals surface area contributed by atoms with E-state index in [1.165, 1.54) is 6.07 Å². The molecule has 2 aromatic carbocycles. The van der Waals surface area contributed by atoms with Gasteiger partial charge >= 0.3 is 0 Å². The van der Waals surface area contributed by atoms with Crippen molar-refractivity contribution in [1.29, 1.82) is 5.26 Å². The maximum Gasteiger partial charge on any atom is 0.126 e. The highest BCUT2D eigenvalue weighted by Crippen LogP contribution is 2.39. The van der Waals surface area contributed by atoms with Gasteiger partial charge in [-0.1, -0.05) is 34.1 Å².